The number of hydrogen-bond acceptors (Lipinski definition) is 7. The van der Waals surface area contributed by atoms with E-state index in [0.29, 0.717) is 40.5 Å². The van der Waals surface area contributed by atoms with Crippen molar-refractivity contribution in [3.63, 3.8) is 0 Å². The number of benzene rings is 3. The van der Waals surface area contributed by atoms with Gasteiger partial charge in [0, 0.05) is 27.8 Å². The molecule has 0 aromatic heterocycles. The fraction of sp³-hybridized carbons (Fsp3) is 0.286. The molecule has 2 aliphatic heterocycles. The standard InChI is InChI=1S/C28H26N4O5/c1-3-36-24-14-18(12-13-23(24)37-16-20-9-5-4-8-19(20)15-29)25-17(2)31-28(26(25)32(34)35)21-10-6-7-11-22(21)30-27(28)33/h4-14,17,25-26,31H,3,16H2,1-2H3,(H,30,33)/t17-,25-,26+,28+/m0/s1. The molecule has 4 atom stereocenters. The van der Waals surface area contributed by atoms with Crippen molar-refractivity contribution in [1.82, 2.24) is 5.32 Å². The zero-order valence-electron chi connectivity index (χ0n) is 20.4. The van der Waals surface area contributed by atoms with E-state index in [4.69, 9.17) is 9.47 Å². The van der Waals surface area contributed by atoms with Crippen molar-refractivity contribution in [3.05, 3.63) is 99.1 Å². The molecule has 37 heavy (non-hydrogen) atoms. The predicted octanol–water partition coefficient (Wildman–Crippen LogP) is 4.10. The van der Waals surface area contributed by atoms with Crippen LogP contribution in [0.3, 0.4) is 0 Å². The number of para-hydroxylation sites is 1. The molecule has 0 bridgehead atoms. The number of nitrogens with one attached hydrogen (secondary N) is 2. The van der Waals surface area contributed by atoms with Crippen LogP contribution in [0.15, 0.2) is 66.7 Å². The minimum absolute atomic E-state index is 0.169. The van der Waals surface area contributed by atoms with Crippen molar-refractivity contribution in [2.45, 2.75) is 44.0 Å². The first-order valence-corrected chi connectivity index (χ1v) is 12.1. The number of carbonyl (C=O) groups is 1. The van der Waals surface area contributed by atoms with Gasteiger partial charge in [0.05, 0.1) is 24.2 Å². The summed E-state index contributed by atoms with van der Waals surface area (Å²) in [6, 6.07) is 20.1. The zero-order valence-corrected chi connectivity index (χ0v) is 20.4. The van der Waals surface area contributed by atoms with Crippen LogP contribution < -0.4 is 20.1 Å². The lowest BCUT2D eigenvalue weighted by Crippen LogP contribution is -2.54. The van der Waals surface area contributed by atoms with E-state index in [1.807, 2.05) is 26.0 Å². The van der Waals surface area contributed by atoms with Gasteiger partial charge in [-0.1, -0.05) is 42.5 Å². The minimum Gasteiger partial charge on any atom is -0.490 e. The lowest BCUT2D eigenvalue weighted by molar-refractivity contribution is -0.532. The lowest BCUT2D eigenvalue weighted by atomic mass is 9.78. The first-order chi connectivity index (χ1) is 17.9. The molecule has 188 valence electrons. The summed E-state index contributed by atoms with van der Waals surface area (Å²) in [6.07, 6.45) is 0. The fourth-order valence-corrected chi connectivity index (χ4v) is 5.58. The summed E-state index contributed by atoms with van der Waals surface area (Å²) in [5, 5.41) is 28.0. The molecule has 5 rings (SSSR count). The second-order valence-corrected chi connectivity index (χ2v) is 9.19. The van der Waals surface area contributed by atoms with Gasteiger partial charge in [-0.2, -0.15) is 5.26 Å². The third-order valence-electron chi connectivity index (χ3n) is 7.14. The van der Waals surface area contributed by atoms with Gasteiger partial charge in [-0.05, 0) is 43.7 Å². The topological polar surface area (TPSA) is 127 Å². The fourth-order valence-electron chi connectivity index (χ4n) is 5.58. The van der Waals surface area contributed by atoms with Crippen LogP contribution in [0.1, 0.15) is 42.0 Å². The molecular formula is C28H26N4O5. The summed E-state index contributed by atoms with van der Waals surface area (Å²) < 4.78 is 11.9. The molecule has 0 radical (unpaired) electrons. The second kappa shape index (κ2) is 9.56. The van der Waals surface area contributed by atoms with Crippen molar-refractivity contribution in [2.75, 3.05) is 11.9 Å². The van der Waals surface area contributed by atoms with Crippen LogP contribution in [0, 0.1) is 21.4 Å². The SMILES string of the molecule is CCOc1cc([C@@H]2[C@H](C)N[C@@]3(C(=O)Nc4ccccc43)[C@@H]2[N+](=O)[O-])ccc1OCc1ccccc1C#N. The maximum atomic E-state index is 13.2. The molecule has 2 N–H and O–H groups in total. The van der Waals surface area contributed by atoms with Crippen LogP contribution >= 0.6 is 0 Å². The molecule has 9 nitrogen and oxygen atoms in total. The lowest BCUT2D eigenvalue weighted by Gasteiger charge is -2.25. The molecule has 0 saturated carbocycles. The average Bonchev–Trinajstić information content (AvgIpc) is 3.36. The summed E-state index contributed by atoms with van der Waals surface area (Å²) in [4.78, 5) is 25.4. The Morgan fingerprint density at radius 2 is 1.84 bits per heavy atom. The Hall–Kier alpha value is -4.42. The predicted molar refractivity (Wildman–Crippen MR) is 136 cm³/mol. The van der Waals surface area contributed by atoms with E-state index in [1.54, 1.807) is 54.6 Å². The number of hydrogen-bond donors (Lipinski definition) is 2. The minimum atomic E-state index is -1.48. The molecule has 1 spiro atoms. The molecule has 2 aliphatic rings. The Bertz CT molecular complexity index is 1420. The van der Waals surface area contributed by atoms with Crippen LogP contribution in [0.2, 0.25) is 0 Å². The monoisotopic (exact) mass is 498 g/mol. The highest BCUT2D eigenvalue weighted by atomic mass is 16.6. The summed E-state index contributed by atoms with van der Waals surface area (Å²) in [7, 11) is 0. The number of anilines is 1. The van der Waals surface area contributed by atoms with Crippen LogP contribution in [0.25, 0.3) is 0 Å². The van der Waals surface area contributed by atoms with E-state index >= 15 is 0 Å². The number of nitro groups is 1. The van der Waals surface area contributed by atoms with E-state index < -0.39 is 23.4 Å². The van der Waals surface area contributed by atoms with E-state index in [1.165, 1.54) is 0 Å². The van der Waals surface area contributed by atoms with Crippen LogP contribution in [-0.4, -0.2) is 29.5 Å². The molecule has 3 aromatic rings. The summed E-state index contributed by atoms with van der Waals surface area (Å²) in [6.45, 7) is 4.23. The maximum Gasteiger partial charge on any atom is 0.256 e. The molecule has 9 heteroatoms. The van der Waals surface area contributed by atoms with E-state index in [-0.39, 0.29) is 17.6 Å². The summed E-state index contributed by atoms with van der Waals surface area (Å²) in [5.74, 6) is -0.125. The van der Waals surface area contributed by atoms with Crippen molar-refractivity contribution in [1.29, 1.82) is 5.26 Å². The Labute approximate surface area is 214 Å². The second-order valence-electron chi connectivity index (χ2n) is 9.19. The Balaban J connectivity index is 1.51. The van der Waals surface area contributed by atoms with Gasteiger partial charge in [0.1, 0.15) is 6.61 Å². The largest absolute Gasteiger partial charge is 0.490 e. The molecular weight excluding hydrogens is 472 g/mol. The Morgan fingerprint density at radius 3 is 2.59 bits per heavy atom. The third kappa shape index (κ3) is 3.96. The third-order valence-corrected chi connectivity index (χ3v) is 7.14. The first-order valence-electron chi connectivity index (χ1n) is 12.1. The number of rotatable bonds is 7. The highest BCUT2D eigenvalue weighted by Gasteiger charge is 2.67. The molecule has 0 aliphatic carbocycles. The van der Waals surface area contributed by atoms with Gasteiger partial charge in [-0.25, -0.2) is 0 Å². The highest BCUT2D eigenvalue weighted by Crippen LogP contribution is 2.50. The van der Waals surface area contributed by atoms with E-state index in [2.05, 4.69) is 16.7 Å². The van der Waals surface area contributed by atoms with Crippen LogP contribution in [0.5, 0.6) is 11.5 Å². The molecule has 0 unspecified atom stereocenters. The molecule has 1 amide bonds. The number of carbonyl (C=O) groups excluding carboxylic acids is 1. The average molecular weight is 499 g/mol. The Kier molecular flexibility index (Phi) is 6.27. The molecule has 1 saturated heterocycles. The molecule has 3 aromatic carbocycles. The molecule has 2 heterocycles. The smallest absolute Gasteiger partial charge is 0.256 e. The zero-order chi connectivity index (χ0) is 26.2. The van der Waals surface area contributed by atoms with Gasteiger partial charge in [0.15, 0.2) is 17.0 Å². The number of nitrogens with zero attached hydrogens (tertiary/aromatic N) is 2. The summed E-state index contributed by atoms with van der Waals surface area (Å²) in [5.41, 5.74) is 1.62. The van der Waals surface area contributed by atoms with Gasteiger partial charge in [-0.15, -0.1) is 0 Å². The van der Waals surface area contributed by atoms with Crippen molar-refractivity contribution in [3.8, 4) is 17.6 Å². The number of ether oxygens (including phenoxy) is 2. The first kappa shape index (κ1) is 24.3. The van der Waals surface area contributed by atoms with E-state index in [0.717, 1.165) is 5.56 Å². The van der Waals surface area contributed by atoms with Crippen molar-refractivity contribution < 1.29 is 19.2 Å². The van der Waals surface area contributed by atoms with Gasteiger partial charge in [0.2, 0.25) is 0 Å². The van der Waals surface area contributed by atoms with Crippen LogP contribution in [-0.2, 0) is 16.9 Å². The van der Waals surface area contributed by atoms with Crippen molar-refractivity contribution >= 4 is 11.6 Å². The maximum absolute atomic E-state index is 13.2. The number of nitriles is 1. The van der Waals surface area contributed by atoms with Gasteiger partial charge in [-0.3, -0.25) is 20.2 Å². The van der Waals surface area contributed by atoms with Gasteiger partial charge >= 0.3 is 0 Å². The quantitative estimate of drug-likeness (QED) is 0.371. The van der Waals surface area contributed by atoms with Gasteiger partial charge in [0.25, 0.3) is 11.9 Å². The van der Waals surface area contributed by atoms with Gasteiger partial charge < -0.3 is 14.8 Å². The Morgan fingerprint density at radius 1 is 1.08 bits per heavy atom. The highest BCUT2D eigenvalue weighted by molar-refractivity contribution is 6.07. The van der Waals surface area contributed by atoms with Crippen LogP contribution in [0.4, 0.5) is 5.69 Å². The summed E-state index contributed by atoms with van der Waals surface area (Å²) >= 11 is 0. The van der Waals surface area contributed by atoms with Crippen molar-refractivity contribution in [2.24, 2.45) is 0 Å². The van der Waals surface area contributed by atoms with E-state index in [9.17, 15) is 20.2 Å². The number of amides is 1. The molecule has 1 fully saturated rings. The normalized spacial score (nSPS) is 23.8. The number of fused-ring (bicyclic) bond motifs is 2.